The SMILES string of the molecule is CCc1[nH]c(C(CC)(CC)OC)nc(=S)c1C. The molecule has 1 aromatic heterocycles. The molecule has 17 heavy (non-hydrogen) atoms. The molecule has 1 N–H and O–H groups in total. The number of hydrogen-bond acceptors (Lipinski definition) is 3. The zero-order valence-electron chi connectivity index (χ0n) is 11.4. The normalized spacial score (nSPS) is 11.8. The fourth-order valence-electron chi connectivity index (χ4n) is 2.12. The van der Waals surface area contributed by atoms with Crippen LogP contribution in [-0.4, -0.2) is 17.1 Å². The minimum absolute atomic E-state index is 0.342. The van der Waals surface area contributed by atoms with Gasteiger partial charge in [0.15, 0.2) is 0 Å². The lowest BCUT2D eigenvalue weighted by Gasteiger charge is -2.29. The van der Waals surface area contributed by atoms with Gasteiger partial charge in [0.25, 0.3) is 0 Å². The van der Waals surface area contributed by atoms with E-state index < -0.39 is 0 Å². The van der Waals surface area contributed by atoms with E-state index in [1.807, 2.05) is 6.92 Å². The lowest BCUT2D eigenvalue weighted by Crippen LogP contribution is -2.30. The molecule has 0 radical (unpaired) electrons. The predicted molar refractivity (Wildman–Crippen MR) is 72.8 cm³/mol. The van der Waals surface area contributed by atoms with Crippen LogP contribution in [0.5, 0.6) is 0 Å². The number of ether oxygens (including phenoxy) is 1. The Morgan fingerprint density at radius 2 is 1.88 bits per heavy atom. The number of rotatable bonds is 5. The van der Waals surface area contributed by atoms with Gasteiger partial charge in [-0.15, -0.1) is 0 Å². The third-order valence-electron chi connectivity index (χ3n) is 3.57. The largest absolute Gasteiger partial charge is 0.370 e. The Balaban J connectivity index is 3.40. The monoisotopic (exact) mass is 254 g/mol. The molecule has 1 heterocycles. The van der Waals surface area contributed by atoms with Gasteiger partial charge < -0.3 is 9.72 Å². The first kappa shape index (κ1) is 14.3. The van der Waals surface area contributed by atoms with Crippen LogP contribution >= 0.6 is 12.2 Å². The summed E-state index contributed by atoms with van der Waals surface area (Å²) >= 11 is 5.32. The van der Waals surface area contributed by atoms with Gasteiger partial charge >= 0.3 is 0 Å². The lowest BCUT2D eigenvalue weighted by atomic mass is 9.95. The van der Waals surface area contributed by atoms with Crippen molar-refractivity contribution in [3.05, 3.63) is 21.7 Å². The van der Waals surface area contributed by atoms with Crippen molar-refractivity contribution in [2.45, 2.75) is 52.6 Å². The molecule has 1 rings (SSSR count). The zero-order valence-corrected chi connectivity index (χ0v) is 12.2. The maximum Gasteiger partial charge on any atom is 0.140 e. The van der Waals surface area contributed by atoms with E-state index in [9.17, 15) is 0 Å². The first-order valence-corrected chi connectivity index (χ1v) is 6.60. The summed E-state index contributed by atoms with van der Waals surface area (Å²) in [6, 6.07) is 0. The summed E-state index contributed by atoms with van der Waals surface area (Å²) in [4.78, 5) is 7.89. The predicted octanol–water partition coefficient (Wildman–Crippen LogP) is 3.67. The molecule has 96 valence electrons. The number of nitrogens with one attached hydrogen (secondary N) is 1. The quantitative estimate of drug-likeness (QED) is 0.815. The first-order chi connectivity index (χ1) is 8.04. The van der Waals surface area contributed by atoms with Gasteiger partial charge in [0.1, 0.15) is 16.1 Å². The zero-order chi connectivity index (χ0) is 13.1. The van der Waals surface area contributed by atoms with Crippen LogP contribution in [-0.2, 0) is 16.8 Å². The topological polar surface area (TPSA) is 37.9 Å². The molecular formula is C13H22N2OS. The molecule has 0 saturated heterocycles. The highest BCUT2D eigenvalue weighted by atomic mass is 32.1. The van der Waals surface area contributed by atoms with Crippen molar-refractivity contribution in [2.75, 3.05) is 7.11 Å². The Morgan fingerprint density at radius 1 is 1.29 bits per heavy atom. The number of aryl methyl sites for hydroxylation is 1. The minimum atomic E-state index is -0.342. The van der Waals surface area contributed by atoms with Gasteiger partial charge in [0, 0.05) is 18.4 Å². The Labute approximate surface area is 109 Å². The Morgan fingerprint density at radius 3 is 2.29 bits per heavy atom. The van der Waals surface area contributed by atoms with Gasteiger partial charge in [-0.05, 0) is 26.2 Å². The Hall–Kier alpha value is -0.740. The summed E-state index contributed by atoms with van der Waals surface area (Å²) in [5.74, 6) is 0.859. The number of methoxy groups -OCH3 is 1. The molecule has 0 aliphatic carbocycles. The van der Waals surface area contributed by atoms with Crippen molar-refractivity contribution in [3.63, 3.8) is 0 Å². The second-order valence-corrected chi connectivity index (χ2v) is 4.64. The molecule has 0 aliphatic heterocycles. The number of aromatic amines is 1. The third kappa shape index (κ3) is 2.58. The maximum absolute atomic E-state index is 5.68. The summed E-state index contributed by atoms with van der Waals surface area (Å²) in [6.07, 6.45) is 2.69. The van der Waals surface area contributed by atoms with E-state index in [4.69, 9.17) is 17.0 Å². The van der Waals surface area contributed by atoms with E-state index in [1.165, 1.54) is 0 Å². The van der Waals surface area contributed by atoms with E-state index in [0.717, 1.165) is 36.3 Å². The van der Waals surface area contributed by atoms with Crippen molar-refractivity contribution in [1.82, 2.24) is 9.97 Å². The first-order valence-electron chi connectivity index (χ1n) is 6.20. The van der Waals surface area contributed by atoms with Crippen LogP contribution in [0.25, 0.3) is 0 Å². The summed E-state index contributed by atoms with van der Waals surface area (Å²) in [7, 11) is 1.73. The summed E-state index contributed by atoms with van der Waals surface area (Å²) in [6.45, 7) is 8.35. The van der Waals surface area contributed by atoms with Crippen molar-refractivity contribution in [2.24, 2.45) is 0 Å². The van der Waals surface area contributed by atoms with E-state index >= 15 is 0 Å². The molecule has 0 aromatic carbocycles. The van der Waals surface area contributed by atoms with Crippen LogP contribution in [0, 0.1) is 11.6 Å². The minimum Gasteiger partial charge on any atom is -0.370 e. The molecule has 0 amide bonds. The molecule has 0 aliphatic rings. The molecule has 0 bridgehead atoms. The summed E-state index contributed by atoms with van der Waals surface area (Å²) in [5.41, 5.74) is 1.89. The van der Waals surface area contributed by atoms with Crippen molar-refractivity contribution in [3.8, 4) is 0 Å². The van der Waals surface area contributed by atoms with E-state index in [-0.39, 0.29) is 5.60 Å². The van der Waals surface area contributed by atoms with Crippen LogP contribution in [0.4, 0.5) is 0 Å². The average molecular weight is 254 g/mol. The average Bonchev–Trinajstić information content (AvgIpc) is 2.36. The van der Waals surface area contributed by atoms with Gasteiger partial charge in [0.2, 0.25) is 0 Å². The van der Waals surface area contributed by atoms with Gasteiger partial charge in [-0.25, -0.2) is 4.98 Å². The number of nitrogens with zero attached hydrogens (tertiary/aromatic N) is 1. The number of hydrogen-bond donors (Lipinski definition) is 1. The van der Waals surface area contributed by atoms with Crippen LogP contribution in [0.3, 0.4) is 0 Å². The highest BCUT2D eigenvalue weighted by molar-refractivity contribution is 7.71. The molecule has 3 nitrogen and oxygen atoms in total. The van der Waals surface area contributed by atoms with Crippen LogP contribution in [0.1, 0.15) is 50.7 Å². The Bertz CT molecular complexity index is 427. The summed E-state index contributed by atoms with van der Waals surface area (Å²) in [5, 5.41) is 0. The van der Waals surface area contributed by atoms with Crippen molar-refractivity contribution >= 4 is 12.2 Å². The molecule has 0 atom stereocenters. The smallest absolute Gasteiger partial charge is 0.140 e. The maximum atomic E-state index is 5.68. The van der Waals surface area contributed by atoms with Crippen molar-refractivity contribution < 1.29 is 4.74 Å². The van der Waals surface area contributed by atoms with Gasteiger partial charge in [0.05, 0.1) is 0 Å². The second kappa shape index (κ2) is 5.74. The summed E-state index contributed by atoms with van der Waals surface area (Å²) < 4.78 is 6.36. The lowest BCUT2D eigenvalue weighted by molar-refractivity contribution is -0.0294. The fourth-order valence-corrected chi connectivity index (χ4v) is 2.33. The Kier molecular flexibility index (Phi) is 4.83. The van der Waals surface area contributed by atoms with Crippen LogP contribution < -0.4 is 0 Å². The highest BCUT2D eigenvalue weighted by Crippen LogP contribution is 2.30. The van der Waals surface area contributed by atoms with Gasteiger partial charge in [-0.1, -0.05) is 33.0 Å². The van der Waals surface area contributed by atoms with Gasteiger partial charge in [-0.2, -0.15) is 0 Å². The molecule has 0 fully saturated rings. The van der Waals surface area contributed by atoms with E-state index in [0.29, 0.717) is 4.64 Å². The number of H-pyrrole nitrogens is 1. The molecule has 0 spiro atoms. The fraction of sp³-hybridized carbons (Fsp3) is 0.692. The molecule has 0 saturated carbocycles. The molecular weight excluding hydrogens is 232 g/mol. The van der Waals surface area contributed by atoms with Crippen LogP contribution in [0.15, 0.2) is 0 Å². The van der Waals surface area contributed by atoms with Crippen LogP contribution in [0.2, 0.25) is 0 Å². The third-order valence-corrected chi connectivity index (χ3v) is 3.97. The van der Waals surface area contributed by atoms with Crippen molar-refractivity contribution in [1.29, 1.82) is 0 Å². The van der Waals surface area contributed by atoms with E-state index in [2.05, 4.69) is 30.7 Å². The highest BCUT2D eigenvalue weighted by Gasteiger charge is 2.31. The van der Waals surface area contributed by atoms with E-state index in [1.54, 1.807) is 7.11 Å². The molecule has 4 heteroatoms. The molecule has 0 unspecified atom stereocenters. The second-order valence-electron chi connectivity index (χ2n) is 4.25. The number of aromatic nitrogens is 2. The van der Waals surface area contributed by atoms with Gasteiger partial charge in [-0.3, -0.25) is 0 Å². The molecule has 1 aromatic rings. The standard InChI is InChI=1S/C13H22N2OS/c1-6-10-9(4)11(17)15-12(14-10)13(7-2,8-3)16-5/h6-8H2,1-5H3,(H,14,15,17).